The lowest BCUT2D eigenvalue weighted by Gasteiger charge is -2.12. The first-order chi connectivity index (χ1) is 10.1. The number of carbonyl (C=O) groups excluding carboxylic acids is 2. The van der Waals surface area contributed by atoms with Crippen molar-refractivity contribution in [3.05, 3.63) is 29.8 Å². The number of carbonyl (C=O) groups is 2. The van der Waals surface area contributed by atoms with Gasteiger partial charge in [-0.1, -0.05) is 6.92 Å². The van der Waals surface area contributed by atoms with Gasteiger partial charge in [-0.25, -0.2) is 4.79 Å². The molecule has 1 atom stereocenters. The highest BCUT2D eigenvalue weighted by molar-refractivity contribution is 7.98. The zero-order valence-corrected chi connectivity index (χ0v) is 13.2. The van der Waals surface area contributed by atoms with E-state index < -0.39 is 6.04 Å². The Balaban J connectivity index is 2.54. The van der Waals surface area contributed by atoms with Crippen molar-refractivity contribution in [2.24, 2.45) is 5.73 Å². The average molecular weight is 310 g/mol. The van der Waals surface area contributed by atoms with Gasteiger partial charge >= 0.3 is 5.97 Å². The van der Waals surface area contributed by atoms with Gasteiger partial charge in [0.25, 0.3) is 0 Å². The summed E-state index contributed by atoms with van der Waals surface area (Å²) < 4.78 is 5.03. The van der Waals surface area contributed by atoms with E-state index >= 15 is 0 Å². The fourth-order valence-corrected chi connectivity index (χ4v) is 2.07. The number of nitrogens with one attached hydrogen (secondary N) is 1. The van der Waals surface area contributed by atoms with Gasteiger partial charge in [-0.3, -0.25) is 4.79 Å². The Labute approximate surface area is 129 Å². The molecule has 1 aromatic carbocycles. The van der Waals surface area contributed by atoms with E-state index in [1.807, 2.05) is 13.2 Å². The second-order valence-electron chi connectivity index (χ2n) is 4.59. The average Bonchev–Trinajstić information content (AvgIpc) is 2.50. The van der Waals surface area contributed by atoms with Gasteiger partial charge in [-0.2, -0.15) is 11.8 Å². The minimum Gasteiger partial charge on any atom is -0.462 e. The van der Waals surface area contributed by atoms with Crippen LogP contribution < -0.4 is 11.1 Å². The topological polar surface area (TPSA) is 81.4 Å². The zero-order valence-electron chi connectivity index (χ0n) is 12.4. The minimum atomic E-state index is -0.522. The molecule has 0 aromatic heterocycles. The third-order valence-corrected chi connectivity index (χ3v) is 3.44. The fraction of sp³-hybridized carbons (Fsp3) is 0.467. The van der Waals surface area contributed by atoms with Crippen molar-refractivity contribution in [3.8, 4) is 0 Å². The molecule has 3 N–H and O–H groups in total. The third kappa shape index (κ3) is 6.18. The van der Waals surface area contributed by atoms with Crippen LogP contribution in [0.1, 0.15) is 30.1 Å². The molecule has 0 aliphatic carbocycles. The molecule has 0 aliphatic rings. The molecule has 0 aliphatic heterocycles. The number of nitrogens with two attached hydrogens (primary N) is 1. The molecule has 0 radical (unpaired) electrons. The summed E-state index contributed by atoms with van der Waals surface area (Å²) in [5, 5.41) is 2.73. The Bertz CT molecular complexity index is 462. The van der Waals surface area contributed by atoms with Crippen LogP contribution in [0.4, 0.5) is 5.69 Å². The maximum Gasteiger partial charge on any atom is 0.338 e. The number of hydrogen-bond donors (Lipinski definition) is 2. The summed E-state index contributed by atoms with van der Waals surface area (Å²) in [6.45, 7) is 2.34. The molecule has 0 spiro atoms. The van der Waals surface area contributed by atoms with Crippen molar-refractivity contribution in [1.29, 1.82) is 0 Å². The summed E-state index contributed by atoms with van der Waals surface area (Å²) in [6, 6.07) is 6.07. The number of anilines is 1. The molecule has 0 fully saturated rings. The number of rotatable bonds is 8. The number of benzene rings is 1. The van der Waals surface area contributed by atoms with Gasteiger partial charge in [-0.15, -0.1) is 0 Å². The summed E-state index contributed by atoms with van der Waals surface area (Å²) in [5.74, 6) is 0.272. The van der Waals surface area contributed by atoms with Crippen LogP contribution in [0, 0.1) is 0 Å². The Morgan fingerprint density at radius 3 is 2.57 bits per heavy atom. The van der Waals surface area contributed by atoms with E-state index in [0.717, 1.165) is 12.2 Å². The number of thioether (sulfide) groups is 1. The van der Waals surface area contributed by atoms with E-state index in [1.165, 1.54) is 0 Å². The van der Waals surface area contributed by atoms with Crippen LogP contribution in [0.25, 0.3) is 0 Å². The van der Waals surface area contributed by atoms with E-state index in [-0.39, 0.29) is 11.9 Å². The van der Waals surface area contributed by atoms with Crippen LogP contribution in [-0.4, -0.2) is 36.5 Å². The lowest BCUT2D eigenvalue weighted by molar-refractivity contribution is -0.117. The molecule has 0 saturated carbocycles. The second-order valence-corrected chi connectivity index (χ2v) is 5.58. The molecule has 1 rings (SSSR count). The highest BCUT2D eigenvalue weighted by Crippen LogP contribution is 2.11. The number of hydrogen-bond acceptors (Lipinski definition) is 5. The van der Waals surface area contributed by atoms with Gasteiger partial charge < -0.3 is 15.8 Å². The summed E-state index contributed by atoms with van der Waals surface area (Å²) in [6.07, 6.45) is 3.39. The SMILES string of the molecule is CCCOC(=O)c1ccc(NC(=O)[C@H](N)CCSC)cc1. The van der Waals surface area contributed by atoms with E-state index in [0.29, 0.717) is 24.3 Å². The number of amides is 1. The number of esters is 1. The second kappa shape index (κ2) is 9.41. The lowest BCUT2D eigenvalue weighted by atomic mass is 10.2. The molecule has 0 heterocycles. The van der Waals surface area contributed by atoms with Crippen molar-refractivity contribution in [3.63, 3.8) is 0 Å². The van der Waals surface area contributed by atoms with Crippen LogP contribution >= 0.6 is 11.8 Å². The van der Waals surface area contributed by atoms with Crippen LogP contribution in [0.2, 0.25) is 0 Å². The summed E-state index contributed by atoms with van der Waals surface area (Å²) in [4.78, 5) is 23.5. The summed E-state index contributed by atoms with van der Waals surface area (Å²) in [5.41, 5.74) is 6.87. The van der Waals surface area contributed by atoms with E-state index in [2.05, 4.69) is 5.32 Å². The molecule has 5 nitrogen and oxygen atoms in total. The van der Waals surface area contributed by atoms with Crippen molar-refractivity contribution in [2.45, 2.75) is 25.8 Å². The highest BCUT2D eigenvalue weighted by atomic mass is 32.2. The molecule has 1 aromatic rings. The van der Waals surface area contributed by atoms with Gasteiger partial charge in [0.15, 0.2) is 0 Å². The Morgan fingerprint density at radius 1 is 1.33 bits per heavy atom. The van der Waals surface area contributed by atoms with Crippen molar-refractivity contribution in [2.75, 3.05) is 23.9 Å². The van der Waals surface area contributed by atoms with Crippen LogP contribution in [0.15, 0.2) is 24.3 Å². The fourth-order valence-electron chi connectivity index (χ4n) is 1.58. The monoisotopic (exact) mass is 310 g/mol. The molecule has 0 unspecified atom stereocenters. The number of ether oxygens (including phenoxy) is 1. The quantitative estimate of drug-likeness (QED) is 0.720. The molecule has 1 amide bonds. The zero-order chi connectivity index (χ0) is 15.7. The predicted molar refractivity (Wildman–Crippen MR) is 86.6 cm³/mol. The summed E-state index contributed by atoms with van der Waals surface area (Å²) >= 11 is 1.65. The van der Waals surface area contributed by atoms with E-state index in [4.69, 9.17) is 10.5 Å². The molecule has 21 heavy (non-hydrogen) atoms. The maximum absolute atomic E-state index is 11.8. The molecule has 0 bridgehead atoms. The van der Waals surface area contributed by atoms with Gasteiger partial charge in [0, 0.05) is 5.69 Å². The smallest absolute Gasteiger partial charge is 0.338 e. The minimum absolute atomic E-state index is 0.217. The lowest BCUT2D eigenvalue weighted by Crippen LogP contribution is -2.36. The van der Waals surface area contributed by atoms with Gasteiger partial charge in [0.1, 0.15) is 0 Å². The molecule has 116 valence electrons. The molecule has 6 heteroatoms. The molecular weight excluding hydrogens is 288 g/mol. The highest BCUT2D eigenvalue weighted by Gasteiger charge is 2.13. The van der Waals surface area contributed by atoms with Gasteiger partial charge in [0.2, 0.25) is 5.91 Å². The first-order valence-corrected chi connectivity index (χ1v) is 8.30. The first-order valence-electron chi connectivity index (χ1n) is 6.91. The molecule has 0 saturated heterocycles. The Kier molecular flexibility index (Phi) is 7.85. The van der Waals surface area contributed by atoms with Crippen molar-refractivity contribution in [1.82, 2.24) is 0 Å². The first kappa shape index (κ1) is 17.5. The normalized spacial score (nSPS) is 11.8. The maximum atomic E-state index is 11.8. The summed E-state index contributed by atoms with van der Waals surface area (Å²) in [7, 11) is 0. The van der Waals surface area contributed by atoms with E-state index in [1.54, 1.807) is 36.0 Å². The van der Waals surface area contributed by atoms with E-state index in [9.17, 15) is 9.59 Å². The van der Waals surface area contributed by atoms with Gasteiger partial charge in [-0.05, 0) is 49.1 Å². The van der Waals surface area contributed by atoms with Gasteiger partial charge in [0.05, 0.1) is 18.2 Å². The Morgan fingerprint density at radius 2 is 2.00 bits per heavy atom. The molecular formula is C15H22N2O3S. The standard InChI is InChI=1S/C15H22N2O3S/c1-3-9-20-15(19)11-4-6-12(7-5-11)17-14(18)13(16)8-10-21-2/h4-7,13H,3,8-10,16H2,1-2H3,(H,17,18)/t13-/m1/s1. The third-order valence-electron chi connectivity index (χ3n) is 2.80. The van der Waals surface area contributed by atoms with Crippen molar-refractivity contribution >= 4 is 29.3 Å². The predicted octanol–water partition coefficient (Wildman–Crippen LogP) is 2.27. The van der Waals surface area contributed by atoms with Crippen molar-refractivity contribution < 1.29 is 14.3 Å². The van der Waals surface area contributed by atoms with Crippen LogP contribution in [0.5, 0.6) is 0 Å². The van der Waals surface area contributed by atoms with Crippen LogP contribution in [0.3, 0.4) is 0 Å². The Hall–Kier alpha value is -1.53. The van der Waals surface area contributed by atoms with Crippen LogP contribution in [-0.2, 0) is 9.53 Å². The largest absolute Gasteiger partial charge is 0.462 e.